The number of fused-ring (bicyclic) bond motifs is 1. The Morgan fingerprint density at radius 1 is 1.41 bits per heavy atom. The summed E-state index contributed by atoms with van der Waals surface area (Å²) in [6.45, 7) is 0. The standard InChI is InChI=1S/C9H7ClFN3O2S/c10-6-1-9-8(2-7(6)11)12-13-14(9)5-3-17(15,16)4-5/h1-2,5H,3-4H2. The molecule has 2 heterocycles. The van der Waals surface area contributed by atoms with Crippen LogP contribution in [0.4, 0.5) is 4.39 Å². The lowest BCUT2D eigenvalue weighted by molar-refractivity contribution is 0.473. The van der Waals surface area contributed by atoms with E-state index in [1.54, 1.807) is 0 Å². The molecule has 5 nitrogen and oxygen atoms in total. The Hall–Kier alpha value is -1.21. The van der Waals surface area contributed by atoms with Gasteiger partial charge in [0.15, 0.2) is 9.84 Å². The van der Waals surface area contributed by atoms with Crippen LogP contribution < -0.4 is 0 Å². The van der Waals surface area contributed by atoms with Crippen LogP contribution in [0.3, 0.4) is 0 Å². The molecule has 3 rings (SSSR count). The van der Waals surface area contributed by atoms with Crippen molar-refractivity contribution in [3.05, 3.63) is 23.0 Å². The summed E-state index contributed by atoms with van der Waals surface area (Å²) in [5, 5.41) is 7.61. The van der Waals surface area contributed by atoms with Gasteiger partial charge in [-0.25, -0.2) is 17.5 Å². The second-order valence-electron chi connectivity index (χ2n) is 4.02. The summed E-state index contributed by atoms with van der Waals surface area (Å²) in [6.07, 6.45) is 0. The number of halogens is 2. The Morgan fingerprint density at radius 3 is 2.76 bits per heavy atom. The normalized spacial score (nSPS) is 19.4. The molecule has 2 aromatic rings. The molecule has 0 aliphatic carbocycles. The van der Waals surface area contributed by atoms with Gasteiger partial charge in [-0.1, -0.05) is 16.8 Å². The van der Waals surface area contributed by atoms with Gasteiger partial charge in [-0.3, -0.25) is 0 Å². The predicted octanol–water partition coefficient (Wildman–Crippen LogP) is 1.19. The third-order valence-electron chi connectivity index (χ3n) is 2.75. The highest BCUT2D eigenvalue weighted by molar-refractivity contribution is 7.92. The molecule has 0 bridgehead atoms. The van der Waals surface area contributed by atoms with Crippen molar-refractivity contribution in [2.24, 2.45) is 0 Å². The molecule has 0 spiro atoms. The van der Waals surface area contributed by atoms with Gasteiger partial charge in [0.05, 0.1) is 28.1 Å². The number of hydrogen-bond donors (Lipinski definition) is 0. The van der Waals surface area contributed by atoms with Gasteiger partial charge < -0.3 is 0 Å². The van der Waals surface area contributed by atoms with Gasteiger partial charge in [0.25, 0.3) is 0 Å². The Kier molecular flexibility index (Phi) is 2.18. The lowest BCUT2D eigenvalue weighted by atomic mass is 10.3. The van der Waals surface area contributed by atoms with Gasteiger partial charge in [0.1, 0.15) is 11.3 Å². The molecule has 1 aromatic heterocycles. The lowest BCUT2D eigenvalue weighted by Crippen LogP contribution is -2.38. The van der Waals surface area contributed by atoms with E-state index in [0.717, 1.165) is 0 Å². The Morgan fingerprint density at radius 2 is 2.12 bits per heavy atom. The van der Waals surface area contributed by atoms with Crippen molar-refractivity contribution >= 4 is 32.5 Å². The summed E-state index contributed by atoms with van der Waals surface area (Å²) >= 11 is 5.68. The van der Waals surface area contributed by atoms with E-state index in [2.05, 4.69) is 10.3 Å². The lowest BCUT2D eigenvalue weighted by Gasteiger charge is -2.25. The molecule has 0 radical (unpaired) electrons. The zero-order valence-electron chi connectivity index (χ0n) is 8.47. The zero-order valence-corrected chi connectivity index (χ0v) is 10.0. The maximum Gasteiger partial charge on any atom is 0.154 e. The highest BCUT2D eigenvalue weighted by atomic mass is 35.5. The van der Waals surface area contributed by atoms with Crippen LogP contribution in [0.15, 0.2) is 12.1 Å². The molecule has 0 atom stereocenters. The van der Waals surface area contributed by atoms with E-state index < -0.39 is 15.7 Å². The Labute approximate surface area is 101 Å². The summed E-state index contributed by atoms with van der Waals surface area (Å²) < 4.78 is 36.9. The molecule has 0 saturated carbocycles. The average Bonchev–Trinajstić information content (AvgIpc) is 2.58. The highest BCUT2D eigenvalue weighted by Crippen LogP contribution is 2.28. The van der Waals surface area contributed by atoms with Crippen LogP contribution in [-0.2, 0) is 9.84 Å². The fourth-order valence-electron chi connectivity index (χ4n) is 1.88. The van der Waals surface area contributed by atoms with Crippen LogP contribution in [0.25, 0.3) is 11.0 Å². The smallest absolute Gasteiger partial charge is 0.154 e. The van der Waals surface area contributed by atoms with E-state index in [1.807, 2.05) is 0 Å². The summed E-state index contributed by atoms with van der Waals surface area (Å²) in [4.78, 5) is 0. The van der Waals surface area contributed by atoms with Gasteiger partial charge in [0, 0.05) is 6.07 Å². The molecule has 1 aliphatic heterocycles. The van der Waals surface area contributed by atoms with E-state index in [1.165, 1.54) is 16.8 Å². The molecule has 1 aliphatic rings. The van der Waals surface area contributed by atoms with Gasteiger partial charge in [0.2, 0.25) is 0 Å². The number of sulfone groups is 1. The molecule has 0 amide bonds. The molecular formula is C9H7ClFN3O2S. The number of aromatic nitrogens is 3. The minimum absolute atomic E-state index is 0.0248. The van der Waals surface area contributed by atoms with Crippen LogP contribution in [0, 0.1) is 5.82 Å². The van der Waals surface area contributed by atoms with Crippen molar-refractivity contribution in [1.82, 2.24) is 15.0 Å². The molecule has 0 N–H and O–H groups in total. The van der Waals surface area contributed by atoms with Gasteiger partial charge in [-0.15, -0.1) is 5.10 Å². The fourth-order valence-corrected chi connectivity index (χ4v) is 3.40. The second-order valence-corrected chi connectivity index (χ2v) is 6.58. The van der Waals surface area contributed by atoms with E-state index >= 15 is 0 Å². The van der Waals surface area contributed by atoms with Crippen LogP contribution in [0.2, 0.25) is 5.02 Å². The van der Waals surface area contributed by atoms with Crippen molar-refractivity contribution in [2.75, 3.05) is 11.5 Å². The van der Waals surface area contributed by atoms with Gasteiger partial charge >= 0.3 is 0 Å². The topological polar surface area (TPSA) is 64.8 Å². The van der Waals surface area contributed by atoms with Crippen molar-refractivity contribution in [1.29, 1.82) is 0 Å². The van der Waals surface area contributed by atoms with Crippen LogP contribution in [0.1, 0.15) is 6.04 Å². The first-order valence-corrected chi connectivity index (χ1v) is 7.06. The monoisotopic (exact) mass is 275 g/mol. The Bertz CT molecular complexity index is 700. The summed E-state index contributed by atoms with van der Waals surface area (Å²) in [5.41, 5.74) is 0.924. The summed E-state index contributed by atoms with van der Waals surface area (Å²) in [6, 6.07) is 2.37. The molecule has 90 valence electrons. The number of rotatable bonds is 1. The second kappa shape index (κ2) is 3.39. The van der Waals surface area contributed by atoms with Gasteiger partial charge in [-0.05, 0) is 6.07 Å². The summed E-state index contributed by atoms with van der Waals surface area (Å²) in [7, 11) is -2.94. The van der Waals surface area contributed by atoms with Crippen LogP contribution in [0.5, 0.6) is 0 Å². The Balaban J connectivity index is 2.10. The zero-order chi connectivity index (χ0) is 12.2. The molecule has 1 aromatic carbocycles. The third-order valence-corrected chi connectivity index (χ3v) is 4.83. The maximum absolute atomic E-state index is 13.2. The van der Waals surface area contributed by atoms with E-state index in [0.29, 0.717) is 11.0 Å². The van der Waals surface area contributed by atoms with Crippen molar-refractivity contribution in [3.63, 3.8) is 0 Å². The van der Waals surface area contributed by atoms with Crippen LogP contribution >= 0.6 is 11.6 Å². The molecule has 0 unspecified atom stereocenters. The van der Waals surface area contributed by atoms with E-state index in [9.17, 15) is 12.8 Å². The van der Waals surface area contributed by atoms with Gasteiger partial charge in [-0.2, -0.15) is 0 Å². The van der Waals surface area contributed by atoms with Crippen LogP contribution in [-0.4, -0.2) is 34.9 Å². The minimum Gasteiger partial charge on any atom is -0.239 e. The largest absolute Gasteiger partial charge is 0.239 e. The minimum atomic E-state index is -2.94. The van der Waals surface area contributed by atoms with E-state index in [4.69, 9.17) is 11.6 Å². The molecule has 8 heteroatoms. The third kappa shape index (κ3) is 1.69. The summed E-state index contributed by atoms with van der Waals surface area (Å²) in [5.74, 6) is -0.478. The maximum atomic E-state index is 13.2. The predicted molar refractivity (Wildman–Crippen MR) is 60.2 cm³/mol. The molecule has 1 saturated heterocycles. The van der Waals surface area contributed by atoms with Crippen molar-refractivity contribution < 1.29 is 12.8 Å². The molecular weight excluding hydrogens is 269 g/mol. The molecule has 1 fully saturated rings. The highest BCUT2D eigenvalue weighted by Gasteiger charge is 2.36. The average molecular weight is 276 g/mol. The number of nitrogens with zero attached hydrogens (tertiary/aromatic N) is 3. The SMILES string of the molecule is O=S1(=O)CC(n2nnc3cc(F)c(Cl)cc32)C1. The van der Waals surface area contributed by atoms with Crippen molar-refractivity contribution in [2.45, 2.75) is 6.04 Å². The van der Waals surface area contributed by atoms with E-state index in [-0.39, 0.29) is 22.6 Å². The fraction of sp³-hybridized carbons (Fsp3) is 0.333. The first-order valence-electron chi connectivity index (χ1n) is 4.87. The first-order chi connectivity index (χ1) is 7.96. The number of hydrogen-bond acceptors (Lipinski definition) is 4. The molecule has 17 heavy (non-hydrogen) atoms. The van der Waals surface area contributed by atoms with Crippen molar-refractivity contribution in [3.8, 4) is 0 Å². The quantitative estimate of drug-likeness (QED) is 0.784. The first kappa shape index (κ1) is 10.9. The number of benzene rings is 1.